The van der Waals surface area contributed by atoms with Crippen LogP contribution in [0.15, 0.2) is 27.9 Å². The van der Waals surface area contributed by atoms with Gasteiger partial charge in [-0.1, -0.05) is 41.0 Å². The first kappa shape index (κ1) is 19.4. The van der Waals surface area contributed by atoms with E-state index >= 15 is 0 Å². The number of halogens is 5. The van der Waals surface area contributed by atoms with Gasteiger partial charge in [0.05, 0.1) is 12.1 Å². The second kappa shape index (κ2) is 8.42. The molecule has 0 spiro atoms. The highest BCUT2D eigenvalue weighted by atomic mass is 35.5. The molecular weight excluding hydrogens is 404 g/mol. The number of thioether (sulfide) groups is 1. The second-order valence-electron chi connectivity index (χ2n) is 4.70. The number of carbonyl (C=O) groups excluding carboxylic acids is 1. The summed E-state index contributed by atoms with van der Waals surface area (Å²) in [6.45, 7) is -1.34. The standard InChI is InChI=1S/C14H11Cl2F3N2OS2/c15-9-2-1-8(11(16)3-9)5-23-13-21-10(6-24-13)4-12(22)20-7-14(17,18)19/h1-3,6H,4-5,7H2,(H,20,22). The normalized spacial score (nSPS) is 11.5. The molecule has 0 saturated heterocycles. The molecule has 2 rings (SSSR count). The number of nitrogens with one attached hydrogen (secondary N) is 1. The number of rotatable bonds is 6. The van der Waals surface area contributed by atoms with Crippen LogP contribution >= 0.6 is 46.3 Å². The van der Waals surface area contributed by atoms with Gasteiger partial charge in [0.15, 0.2) is 0 Å². The summed E-state index contributed by atoms with van der Waals surface area (Å²) in [4.78, 5) is 15.7. The molecule has 0 atom stereocenters. The van der Waals surface area contributed by atoms with Crippen LogP contribution in [0, 0.1) is 0 Å². The maximum absolute atomic E-state index is 12.0. The molecule has 3 nitrogen and oxygen atoms in total. The SMILES string of the molecule is O=C(Cc1csc(SCc2ccc(Cl)cc2Cl)n1)NCC(F)(F)F. The van der Waals surface area contributed by atoms with Crippen molar-refractivity contribution in [3.63, 3.8) is 0 Å². The lowest BCUT2D eigenvalue weighted by atomic mass is 10.2. The van der Waals surface area contributed by atoms with E-state index in [1.807, 2.05) is 11.4 Å². The molecule has 0 bridgehead atoms. The third kappa shape index (κ3) is 6.51. The van der Waals surface area contributed by atoms with Crippen LogP contribution in [0.1, 0.15) is 11.3 Å². The van der Waals surface area contributed by atoms with E-state index in [0.29, 0.717) is 25.8 Å². The lowest BCUT2D eigenvalue weighted by Crippen LogP contribution is -2.34. The molecule has 1 aromatic heterocycles. The largest absolute Gasteiger partial charge is 0.405 e. The summed E-state index contributed by atoms with van der Waals surface area (Å²) in [6, 6.07) is 5.20. The molecule has 0 saturated carbocycles. The first-order chi connectivity index (χ1) is 11.2. The molecule has 2 aromatic rings. The highest BCUT2D eigenvalue weighted by Crippen LogP contribution is 2.30. The molecular formula is C14H11Cl2F3N2OS2. The van der Waals surface area contributed by atoms with Gasteiger partial charge in [-0.25, -0.2) is 4.98 Å². The minimum atomic E-state index is -4.42. The molecule has 24 heavy (non-hydrogen) atoms. The Hall–Kier alpha value is -0.960. The zero-order chi connectivity index (χ0) is 17.7. The summed E-state index contributed by atoms with van der Waals surface area (Å²) in [6.07, 6.45) is -4.61. The fraction of sp³-hybridized carbons (Fsp3) is 0.286. The van der Waals surface area contributed by atoms with E-state index < -0.39 is 18.6 Å². The van der Waals surface area contributed by atoms with Crippen LogP contribution in [0.25, 0.3) is 0 Å². The molecule has 1 N–H and O–H groups in total. The average Bonchev–Trinajstić information content (AvgIpc) is 2.91. The number of hydrogen-bond donors (Lipinski definition) is 1. The van der Waals surface area contributed by atoms with Gasteiger partial charge in [0.1, 0.15) is 10.9 Å². The Kier molecular flexibility index (Phi) is 6.79. The van der Waals surface area contributed by atoms with Crippen molar-refractivity contribution in [2.45, 2.75) is 22.7 Å². The molecule has 130 valence electrons. The van der Waals surface area contributed by atoms with Crippen molar-refractivity contribution in [3.8, 4) is 0 Å². The average molecular weight is 415 g/mol. The first-order valence-electron chi connectivity index (χ1n) is 6.57. The van der Waals surface area contributed by atoms with Crippen molar-refractivity contribution in [2.24, 2.45) is 0 Å². The van der Waals surface area contributed by atoms with Gasteiger partial charge in [-0.15, -0.1) is 11.3 Å². The molecule has 1 aromatic carbocycles. The van der Waals surface area contributed by atoms with Crippen LogP contribution in [0.3, 0.4) is 0 Å². The van der Waals surface area contributed by atoms with Gasteiger partial charge in [0.2, 0.25) is 5.91 Å². The van der Waals surface area contributed by atoms with Crippen LogP contribution in [-0.2, 0) is 17.0 Å². The van der Waals surface area contributed by atoms with Gasteiger partial charge < -0.3 is 5.32 Å². The van der Waals surface area contributed by atoms with Crippen molar-refractivity contribution < 1.29 is 18.0 Å². The molecule has 1 heterocycles. The third-order valence-electron chi connectivity index (χ3n) is 2.72. The summed E-state index contributed by atoms with van der Waals surface area (Å²) in [5.41, 5.74) is 1.33. The molecule has 0 aliphatic heterocycles. The van der Waals surface area contributed by atoms with Crippen molar-refractivity contribution in [3.05, 3.63) is 44.9 Å². The van der Waals surface area contributed by atoms with Gasteiger partial charge in [-0.3, -0.25) is 4.79 Å². The Morgan fingerprint density at radius 3 is 2.75 bits per heavy atom. The van der Waals surface area contributed by atoms with E-state index in [9.17, 15) is 18.0 Å². The van der Waals surface area contributed by atoms with Crippen LogP contribution < -0.4 is 5.32 Å². The fourth-order valence-electron chi connectivity index (χ4n) is 1.64. The van der Waals surface area contributed by atoms with Gasteiger partial charge in [-0.05, 0) is 17.7 Å². The highest BCUT2D eigenvalue weighted by molar-refractivity contribution is 8.00. The molecule has 10 heteroatoms. The fourth-order valence-corrected chi connectivity index (χ4v) is 4.04. The summed E-state index contributed by atoms with van der Waals surface area (Å²) in [5.74, 6) is -0.140. The number of nitrogens with zero attached hydrogens (tertiary/aromatic N) is 1. The number of amides is 1. The summed E-state index contributed by atoms with van der Waals surface area (Å²) in [7, 11) is 0. The monoisotopic (exact) mass is 414 g/mol. The van der Waals surface area contributed by atoms with Gasteiger partial charge in [0.25, 0.3) is 0 Å². The van der Waals surface area contributed by atoms with E-state index in [2.05, 4.69) is 4.98 Å². The maximum atomic E-state index is 12.0. The number of alkyl halides is 3. The summed E-state index contributed by atoms with van der Waals surface area (Å²) in [5, 5.41) is 4.57. The van der Waals surface area contributed by atoms with E-state index in [1.165, 1.54) is 23.1 Å². The minimum absolute atomic E-state index is 0.186. The molecule has 0 radical (unpaired) electrons. The zero-order valence-electron chi connectivity index (χ0n) is 12.0. The predicted molar refractivity (Wildman–Crippen MR) is 90.9 cm³/mol. The minimum Gasteiger partial charge on any atom is -0.347 e. The number of carbonyl (C=O) groups is 1. The lowest BCUT2D eigenvalue weighted by molar-refractivity contribution is -0.138. The van der Waals surface area contributed by atoms with E-state index in [0.717, 1.165) is 5.56 Å². The quantitative estimate of drug-likeness (QED) is 0.678. The molecule has 0 aliphatic carbocycles. The third-order valence-corrected chi connectivity index (χ3v) is 5.43. The van der Waals surface area contributed by atoms with Gasteiger partial charge >= 0.3 is 6.18 Å². The van der Waals surface area contributed by atoms with Crippen LogP contribution in [-0.4, -0.2) is 23.6 Å². The Morgan fingerprint density at radius 1 is 1.33 bits per heavy atom. The summed E-state index contributed by atoms with van der Waals surface area (Å²) >= 11 is 14.7. The number of hydrogen-bond acceptors (Lipinski definition) is 4. The van der Waals surface area contributed by atoms with Crippen LogP contribution in [0.4, 0.5) is 13.2 Å². The second-order valence-corrected chi connectivity index (χ2v) is 7.62. The smallest absolute Gasteiger partial charge is 0.347 e. The highest BCUT2D eigenvalue weighted by Gasteiger charge is 2.27. The van der Waals surface area contributed by atoms with Crippen molar-refractivity contribution in [2.75, 3.05) is 6.54 Å². The van der Waals surface area contributed by atoms with Gasteiger partial charge in [0, 0.05) is 21.2 Å². The lowest BCUT2D eigenvalue weighted by Gasteiger charge is -2.07. The predicted octanol–water partition coefficient (Wildman–Crippen LogP) is 4.96. The van der Waals surface area contributed by atoms with Crippen LogP contribution in [0.2, 0.25) is 10.0 Å². The van der Waals surface area contributed by atoms with Crippen molar-refractivity contribution in [1.82, 2.24) is 10.3 Å². The van der Waals surface area contributed by atoms with Crippen molar-refractivity contribution >= 4 is 52.2 Å². The molecule has 1 amide bonds. The first-order valence-corrected chi connectivity index (χ1v) is 9.19. The summed E-state index contributed by atoms with van der Waals surface area (Å²) < 4.78 is 36.8. The number of aromatic nitrogens is 1. The number of benzene rings is 1. The maximum Gasteiger partial charge on any atom is 0.405 e. The Morgan fingerprint density at radius 2 is 2.08 bits per heavy atom. The zero-order valence-corrected chi connectivity index (χ0v) is 15.1. The Bertz CT molecular complexity index is 722. The van der Waals surface area contributed by atoms with E-state index in [4.69, 9.17) is 23.2 Å². The topological polar surface area (TPSA) is 42.0 Å². The van der Waals surface area contributed by atoms with Crippen LogP contribution in [0.5, 0.6) is 0 Å². The van der Waals surface area contributed by atoms with E-state index in [1.54, 1.807) is 17.5 Å². The molecule has 0 aliphatic rings. The number of thiazole rings is 1. The Labute approximate surface area is 154 Å². The Balaban J connectivity index is 1.85. The van der Waals surface area contributed by atoms with E-state index in [-0.39, 0.29) is 6.42 Å². The van der Waals surface area contributed by atoms with Crippen molar-refractivity contribution in [1.29, 1.82) is 0 Å². The van der Waals surface area contributed by atoms with Gasteiger partial charge in [-0.2, -0.15) is 13.2 Å². The molecule has 0 unspecified atom stereocenters. The molecule has 0 fully saturated rings.